The van der Waals surface area contributed by atoms with Crippen LogP contribution in [-0.4, -0.2) is 24.1 Å². The second-order valence-corrected chi connectivity index (χ2v) is 13.6. The molecule has 1 aliphatic carbocycles. The van der Waals surface area contributed by atoms with Crippen molar-refractivity contribution in [3.05, 3.63) is 35.8 Å². The molecule has 9 heteroatoms. The average Bonchev–Trinajstić information content (AvgIpc) is 3.21. The first-order valence-corrected chi connectivity index (χ1v) is 13.9. The summed E-state index contributed by atoms with van der Waals surface area (Å²) in [4.78, 5) is 28.6. The van der Waals surface area contributed by atoms with Gasteiger partial charge in [0, 0.05) is 22.8 Å². The molecule has 0 spiro atoms. The van der Waals surface area contributed by atoms with E-state index < -0.39 is 5.60 Å². The Bertz CT molecular complexity index is 1070. The summed E-state index contributed by atoms with van der Waals surface area (Å²) < 4.78 is 6.79. The van der Waals surface area contributed by atoms with E-state index in [2.05, 4.69) is 45.7 Å². The van der Waals surface area contributed by atoms with Crippen molar-refractivity contribution >= 4 is 55.6 Å². The minimum absolute atomic E-state index is 0.306. The van der Waals surface area contributed by atoms with Gasteiger partial charge in [-0.1, -0.05) is 13.8 Å². The Balaban J connectivity index is 1.55. The van der Waals surface area contributed by atoms with Crippen molar-refractivity contribution < 1.29 is 14.3 Å². The van der Waals surface area contributed by atoms with E-state index in [-0.39, 0.29) is 12.0 Å². The van der Waals surface area contributed by atoms with Crippen molar-refractivity contribution in [1.82, 2.24) is 10.6 Å². The molecule has 3 N–H and O–H groups in total. The molecule has 0 bridgehead atoms. The molecule has 2 unspecified atom stereocenters. The van der Waals surface area contributed by atoms with Crippen molar-refractivity contribution in [2.45, 2.75) is 78.5 Å². The molecule has 0 saturated heterocycles. The molecular weight excluding hydrogens is 522 g/mol. The monoisotopic (exact) mass is 553 g/mol. The highest BCUT2D eigenvalue weighted by molar-refractivity contribution is 9.11. The highest BCUT2D eigenvalue weighted by Crippen LogP contribution is 2.45. The van der Waals surface area contributed by atoms with Gasteiger partial charge in [0.2, 0.25) is 0 Å². The van der Waals surface area contributed by atoms with Gasteiger partial charge in [0.1, 0.15) is 10.6 Å². The number of urea groups is 1. The maximum absolute atomic E-state index is 13.2. The third kappa shape index (κ3) is 5.47. The highest BCUT2D eigenvalue weighted by Gasteiger charge is 2.34. The Labute approximate surface area is 212 Å². The Morgan fingerprint density at radius 1 is 1.21 bits per heavy atom. The van der Waals surface area contributed by atoms with Crippen molar-refractivity contribution in [3.63, 3.8) is 0 Å². The van der Waals surface area contributed by atoms with Crippen molar-refractivity contribution in [3.8, 4) is 0 Å². The number of halogens is 1. The largest absolute Gasteiger partial charge is 0.456 e. The van der Waals surface area contributed by atoms with Crippen LogP contribution in [0.15, 0.2) is 3.79 Å². The van der Waals surface area contributed by atoms with Gasteiger partial charge in [-0.2, -0.15) is 0 Å². The molecule has 6 nitrogen and oxygen atoms in total. The molecule has 0 radical (unpaired) electrons. The smallest absolute Gasteiger partial charge is 0.341 e. The molecule has 0 aromatic carbocycles. The van der Waals surface area contributed by atoms with Gasteiger partial charge in [-0.05, 0) is 91.0 Å². The molecule has 2 aliphatic rings. The maximum Gasteiger partial charge on any atom is 0.341 e. The summed E-state index contributed by atoms with van der Waals surface area (Å²) in [6.07, 6.45) is 2.88. The zero-order valence-corrected chi connectivity index (χ0v) is 23.0. The van der Waals surface area contributed by atoms with Gasteiger partial charge in [-0.15, -0.1) is 22.7 Å². The predicted molar refractivity (Wildman–Crippen MR) is 139 cm³/mol. The molecule has 33 heavy (non-hydrogen) atoms. The number of anilines is 1. The van der Waals surface area contributed by atoms with Crippen LogP contribution in [0.5, 0.6) is 0 Å². The van der Waals surface area contributed by atoms with E-state index in [4.69, 9.17) is 4.74 Å². The van der Waals surface area contributed by atoms with E-state index in [1.165, 1.54) is 26.7 Å². The number of nitrogens with one attached hydrogen (secondary N) is 3. The highest BCUT2D eigenvalue weighted by atomic mass is 79.9. The van der Waals surface area contributed by atoms with Crippen LogP contribution >= 0.6 is 38.6 Å². The number of carbonyl (C=O) groups is 2. The molecule has 2 aromatic heterocycles. The minimum atomic E-state index is -0.601. The predicted octanol–water partition coefficient (Wildman–Crippen LogP) is 6.18. The maximum atomic E-state index is 13.2. The number of amides is 2. The molecule has 1 aliphatic heterocycles. The Morgan fingerprint density at radius 3 is 2.70 bits per heavy atom. The lowest BCUT2D eigenvalue weighted by molar-refractivity contribution is 0.00697. The van der Waals surface area contributed by atoms with Gasteiger partial charge in [-0.3, -0.25) is 5.32 Å². The third-order valence-corrected chi connectivity index (χ3v) is 9.44. The molecule has 0 saturated carbocycles. The molecule has 180 valence electrons. The first-order valence-electron chi connectivity index (χ1n) is 11.5. The van der Waals surface area contributed by atoms with E-state index in [0.717, 1.165) is 47.3 Å². The van der Waals surface area contributed by atoms with Crippen LogP contribution in [-0.2, 0) is 30.7 Å². The second kappa shape index (κ2) is 9.68. The molecule has 2 atom stereocenters. The summed E-state index contributed by atoms with van der Waals surface area (Å²) in [5.41, 5.74) is 3.44. The SMILES string of the molecule is CC1Cc2c(sc(NC(=O)NCc3c(Br)sc4c3CCNC4)c2C(=O)OC(C)(C)C)C(C)C1. The normalized spacial score (nSPS) is 20.1. The van der Waals surface area contributed by atoms with Gasteiger partial charge in [0.05, 0.1) is 9.35 Å². The number of hydrogen-bond donors (Lipinski definition) is 3. The van der Waals surface area contributed by atoms with Crippen LogP contribution in [0.3, 0.4) is 0 Å². The van der Waals surface area contributed by atoms with E-state index in [1.54, 1.807) is 11.3 Å². The van der Waals surface area contributed by atoms with Crippen molar-refractivity contribution in [1.29, 1.82) is 0 Å². The summed E-state index contributed by atoms with van der Waals surface area (Å²) in [5.74, 6) is 0.482. The summed E-state index contributed by atoms with van der Waals surface area (Å²) in [5, 5.41) is 9.95. The van der Waals surface area contributed by atoms with Gasteiger partial charge >= 0.3 is 12.0 Å². The lowest BCUT2D eigenvalue weighted by atomic mass is 9.82. The van der Waals surface area contributed by atoms with Gasteiger partial charge in [-0.25, -0.2) is 9.59 Å². The van der Waals surface area contributed by atoms with Crippen LogP contribution in [0.25, 0.3) is 0 Å². The van der Waals surface area contributed by atoms with Gasteiger partial charge in [0.15, 0.2) is 0 Å². The van der Waals surface area contributed by atoms with E-state index in [0.29, 0.717) is 28.9 Å². The summed E-state index contributed by atoms with van der Waals surface area (Å²) >= 11 is 6.91. The standard InChI is InChI=1S/C24H32BrN3O3S2/c1-12-8-13(2)19-15(9-12)18(22(29)31-24(3,4)5)21(33-19)28-23(30)27-10-16-14-6-7-26-11-17(14)32-20(16)25/h12-13,26H,6-11H2,1-5H3,(H2,27,28,30). The Kier molecular flexibility index (Phi) is 7.24. The van der Waals surface area contributed by atoms with Crippen LogP contribution in [0.1, 0.15) is 83.8 Å². The third-order valence-electron chi connectivity index (χ3n) is 6.04. The number of thiophene rings is 2. The molecular formula is C24H32BrN3O3S2. The lowest BCUT2D eigenvalue weighted by Gasteiger charge is -2.25. The lowest BCUT2D eigenvalue weighted by Crippen LogP contribution is -2.30. The first-order chi connectivity index (χ1) is 15.5. The van der Waals surface area contributed by atoms with Crippen molar-refractivity contribution in [2.75, 3.05) is 11.9 Å². The number of hydrogen-bond acceptors (Lipinski definition) is 6. The number of esters is 1. The zero-order chi connectivity index (χ0) is 23.9. The van der Waals surface area contributed by atoms with Crippen molar-refractivity contribution in [2.24, 2.45) is 5.92 Å². The number of carbonyl (C=O) groups excluding carboxylic acids is 2. The molecule has 3 heterocycles. The van der Waals surface area contributed by atoms with Crippen LogP contribution in [0.2, 0.25) is 0 Å². The first kappa shape index (κ1) is 24.7. The fraction of sp³-hybridized carbons (Fsp3) is 0.583. The van der Waals surface area contributed by atoms with Crippen LogP contribution in [0, 0.1) is 5.92 Å². The molecule has 2 aromatic rings. The fourth-order valence-corrected chi connectivity index (χ4v) is 8.02. The summed E-state index contributed by atoms with van der Waals surface area (Å²) in [6.45, 7) is 12.3. The molecule has 0 fully saturated rings. The number of ether oxygens (including phenoxy) is 1. The van der Waals surface area contributed by atoms with Crippen LogP contribution in [0.4, 0.5) is 9.80 Å². The number of rotatable bonds is 4. The topological polar surface area (TPSA) is 79.5 Å². The Morgan fingerprint density at radius 2 is 1.97 bits per heavy atom. The second-order valence-electron chi connectivity index (χ2n) is 10.1. The van der Waals surface area contributed by atoms with Crippen LogP contribution < -0.4 is 16.0 Å². The van der Waals surface area contributed by atoms with Gasteiger partial charge in [0.25, 0.3) is 0 Å². The Hall–Kier alpha value is -1.42. The minimum Gasteiger partial charge on any atom is -0.456 e. The van der Waals surface area contributed by atoms with Gasteiger partial charge < -0.3 is 15.4 Å². The number of fused-ring (bicyclic) bond motifs is 2. The molecule has 2 amide bonds. The summed E-state index contributed by atoms with van der Waals surface area (Å²) in [7, 11) is 0. The fourth-order valence-electron chi connectivity index (χ4n) is 4.72. The molecule has 4 rings (SSSR count). The van der Waals surface area contributed by atoms with E-state index >= 15 is 0 Å². The average molecular weight is 555 g/mol. The zero-order valence-electron chi connectivity index (χ0n) is 19.8. The quantitative estimate of drug-likeness (QED) is 0.395. The summed E-state index contributed by atoms with van der Waals surface area (Å²) in [6, 6.07) is -0.306. The van der Waals surface area contributed by atoms with E-state index in [1.807, 2.05) is 20.8 Å². The van der Waals surface area contributed by atoms with E-state index in [9.17, 15) is 9.59 Å².